The maximum atomic E-state index is 5.94. The summed E-state index contributed by atoms with van der Waals surface area (Å²) in [5.41, 5.74) is 4.26. The molecule has 0 spiro atoms. The Balaban J connectivity index is 1.71. The minimum atomic E-state index is 0.124. The van der Waals surface area contributed by atoms with Crippen molar-refractivity contribution in [2.24, 2.45) is 5.92 Å². The van der Waals surface area contributed by atoms with Crippen LogP contribution in [0.4, 0.5) is 0 Å². The van der Waals surface area contributed by atoms with Gasteiger partial charge in [0.1, 0.15) is 0 Å². The van der Waals surface area contributed by atoms with Gasteiger partial charge >= 0.3 is 0 Å². The third kappa shape index (κ3) is 4.68. The third-order valence-electron chi connectivity index (χ3n) is 5.03. The first-order valence-corrected chi connectivity index (χ1v) is 8.84. The zero-order valence-corrected chi connectivity index (χ0v) is 14.4. The van der Waals surface area contributed by atoms with Crippen molar-refractivity contribution in [2.75, 3.05) is 13.2 Å². The Morgan fingerprint density at radius 2 is 1.70 bits per heavy atom. The topological polar surface area (TPSA) is 9.23 Å². The van der Waals surface area contributed by atoms with Gasteiger partial charge < -0.3 is 4.74 Å². The molecule has 1 aliphatic carbocycles. The maximum absolute atomic E-state index is 5.94. The second-order valence-electron chi connectivity index (χ2n) is 7.36. The fourth-order valence-corrected chi connectivity index (χ4v) is 3.17. The molecule has 1 fully saturated rings. The smallest absolute Gasteiger partial charge is 0.0494 e. The minimum absolute atomic E-state index is 0.124. The van der Waals surface area contributed by atoms with Crippen molar-refractivity contribution >= 4 is 0 Å². The van der Waals surface area contributed by atoms with E-state index in [0.717, 1.165) is 32.0 Å². The standard InChI is InChI=1S/C22H28O/c1-18-8-12-21(13-9-18)22(2,14-15-23-17-20-10-11-20)16-19-6-4-3-5-7-19/h3-9,12-13,20H,10-11,14-17H2,1-2H3. The van der Waals surface area contributed by atoms with Crippen LogP contribution in [0.2, 0.25) is 0 Å². The lowest BCUT2D eigenvalue weighted by Gasteiger charge is -2.31. The summed E-state index contributed by atoms with van der Waals surface area (Å²) in [6.45, 7) is 6.34. The van der Waals surface area contributed by atoms with Crippen LogP contribution in [0.15, 0.2) is 54.6 Å². The summed E-state index contributed by atoms with van der Waals surface area (Å²) in [5.74, 6) is 0.842. The molecular weight excluding hydrogens is 280 g/mol. The van der Waals surface area contributed by atoms with Crippen LogP contribution in [0, 0.1) is 12.8 Å². The summed E-state index contributed by atoms with van der Waals surface area (Å²) in [6.07, 6.45) is 4.85. The average Bonchev–Trinajstić information content (AvgIpc) is 3.37. The van der Waals surface area contributed by atoms with Crippen molar-refractivity contribution in [3.05, 3.63) is 71.3 Å². The van der Waals surface area contributed by atoms with Crippen LogP contribution in [-0.4, -0.2) is 13.2 Å². The normalized spacial score (nSPS) is 17.0. The van der Waals surface area contributed by atoms with Crippen LogP contribution >= 0.6 is 0 Å². The maximum Gasteiger partial charge on any atom is 0.0494 e. The fraction of sp³-hybridized carbons (Fsp3) is 0.455. The van der Waals surface area contributed by atoms with E-state index in [-0.39, 0.29) is 5.41 Å². The van der Waals surface area contributed by atoms with Crippen molar-refractivity contribution in [3.8, 4) is 0 Å². The summed E-state index contributed by atoms with van der Waals surface area (Å²) in [4.78, 5) is 0. The highest BCUT2D eigenvalue weighted by Gasteiger charge is 2.27. The zero-order chi connectivity index (χ0) is 16.1. The quantitative estimate of drug-likeness (QED) is 0.600. The highest BCUT2D eigenvalue weighted by atomic mass is 16.5. The van der Waals surface area contributed by atoms with Crippen molar-refractivity contribution in [3.63, 3.8) is 0 Å². The van der Waals surface area contributed by atoms with E-state index in [9.17, 15) is 0 Å². The van der Waals surface area contributed by atoms with E-state index < -0.39 is 0 Å². The number of ether oxygens (including phenoxy) is 1. The van der Waals surface area contributed by atoms with E-state index in [1.165, 1.54) is 29.5 Å². The molecule has 0 radical (unpaired) electrons. The molecule has 1 saturated carbocycles. The summed E-state index contributed by atoms with van der Waals surface area (Å²) < 4.78 is 5.94. The van der Waals surface area contributed by atoms with Crippen LogP contribution in [0.5, 0.6) is 0 Å². The predicted octanol–water partition coefficient (Wildman–Crippen LogP) is 5.31. The van der Waals surface area contributed by atoms with E-state index in [1.54, 1.807) is 0 Å². The van der Waals surface area contributed by atoms with Crippen molar-refractivity contribution in [1.29, 1.82) is 0 Å². The third-order valence-corrected chi connectivity index (χ3v) is 5.03. The summed E-state index contributed by atoms with van der Waals surface area (Å²) in [7, 11) is 0. The van der Waals surface area contributed by atoms with E-state index in [0.29, 0.717) is 0 Å². The molecule has 0 heterocycles. The molecule has 1 heteroatoms. The first-order valence-electron chi connectivity index (χ1n) is 8.84. The molecule has 2 aromatic rings. The second-order valence-corrected chi connectivity index (χ2v) is 7.36. The van der Waals surface area contributed by atoms with Gasteiger partial charge in [0.25, 0.3) is 0 Å². The molecule has 23 heavy (non-hydrogen) atoms. The van der Waals surface area contributed by atoms with Gasteiger partial charge in [-0.25, -0.2) is 0 Å². The van der Waals surface area contributed by atoms with Gasteiger partial charge in [0.2, 0.25) is 0 Å². The van der Waals surface area contributed by atoms with Gasteiger partial charge in [-0.05, 0) is 55.1 Å². The molecule has 0 bridgehead atoms. The molecule has 0 amide bonds. The predicted molar refractivity (Wildman–Crippen MR) is 96.8 cm³/mol. The molecule has 0 saturated heterocycles. The van der Waals surface area contributed by atoms with E-state index >= 15 is 0 Å². The fourth-order valence-electron chi connectivity index (χ4n) is 3.17. The summed E-state index contributed by atoms with van der Waals surface area (Å²) in [6, 6.07) is 19.9. The lowest BCUT2D eigenvalue weighted by Crippen LogP contribution is -2.27. The van der Waals surface area contributed by atoms with Crippen LogP contribution in [0.3, 0.4) is 0 Å². The molecule has 0 aliphatic heterocycles. The Labute approximate surface area is 140 Å². The Kier molecular flexibility index (Phi) is 5.17. The summed E-state index contributed by atoms with van der Waals surface area (Å²) in [5, 5.41) is 0. The highest BCUT2D eigenvalue weighted by Crippen LogP contribution is 2.33. The molecule has 1 unspecified atom stereocenters. The Hall–Kier alpha value is -1.60. The van der Waals surface area contributed by atoms with Crippen molar-refractivity contribution in [1.82, 2.24) is 0 Å². The molecular formula is C22H28O. The van der Waals surface area contributed by atoms with Crippen molar-refractivity contribution in [2.45, 2.75) is 44.9 Å². The highest BCUT2D eigenvalue weighted by molar-refractivity contribution is 5.31. The molecule has 0 aromatic heterocycles. The van der Waals surface area contributed by atoms with E-state index in [2.05, 4.69) is 68.4 Å². The van der Waals surface area contributed by atoms with Gasteiger partial charge in [-0.1, -0.05) is 67.1 Å². The molecule has 0 N–H and O–H groups in total. The Bertz CT molecular complexity index is 598. The Morgan fingerprint density at radius 3 is 2.35 bits per heavy atom. The lowest BCUT2D eigenvalue weighted by atomic mass is 9.75. The van der Waals surface area contributed by atoms with Gasteiger partial charge in [-0.15, -0.1) is 0 Å². The molecule has 1 atom stereocenters. The van der Waals surface area contributed by atoms with Gasteiger partial charge in [0, 0.05) is 13.2 Å². The zero-order valence-electron chi connectivity index (χ0n) is 14.4. The monoisotopic (exact) mass is 308 g/mol. The number of aryl methyl sites for hydroxylation is 1. The molecule has 1 aliphatic rings. The van der Waals surface area contributed by atoms with Gasteiger partial charge in [-0.2, -0.15) is 0 Å². The largest absolute Gasteiger partial charge is 0.381 e. The molecule has 3 rings (SSSR count). The van der Waals surface area contributed by atoms with E-state index in [4.69, 9.17) is 4.74 Å². The number of hydrogen-bond acceptors (Lipinski definition) is 1. The number of hydrogen-bond donors (Lipinski definition) is 0. The van der Waals surface area contributed by atoms with Crippen LogP contribution in [-0.2, 0) is 16.6 Å². The van der Waals surface area contributed by atoms with Gasteiger partial charge in [-0.3, -0.25) is 0 Å². The minimum Gasteiger partial charge on any atom is -0.381 e. The molecule has 122 valence electrons. The molecule has 2 aromatic carbocycles. The number of benzene rings is 2. The molecule has 1 nitrogen and oxygen atoms in total. The Morgan fingerprint density at radius 1 is 1.00 bits per heavy atom. The first kappa shape index (κ1) is 16.3. The first-order chi connectivity index (χ1) is 11.2. The van der Waals surface area contributed by atoms with Crippen LogP contribution in [0.25, 0.3) is 0 Å². The van der Waals surface area contributed by atoms with Crippen LogP contribution < -0.4 is 0 Å². The van der Waals surface area contributed by atoms with E-state index in [1.807, 2.05) is 0 Å². The van der Waals surface area contributed by atoms with Crippen molar-refractivity contribution < 1.29 is 4.74 Å². The second kappa shape index (κ2) is 7.31. The van der Waals surface area contributed by atoms with Gasteiger partial charge in [0.05, 0.1) is 0 Å². The number of rotatable bonds is 8. The average molecular weight is 308 g/mol. The SMILES string of the molecule is Cc1ccc(C(C)(CCOCC2CC2)Cc2ccccc2)cc1. The lowest BCUT2D eigenvalue weighted by molar-refractivity contribution is 0.107. The summed E-state index contributed by atoms with van der Waals surface area (Å²) >= 11 is 0. The van der Waals surface area contributed by atoms with Gasteiger partial charge in [0.15, 0.2) is 0 Å². The van der Waals surface area contributed by atoms with Crippen LogP contribution in [0.1, 0.15) is 42.9 Å².